The van der Waals surface area contributed by atoms with Crippen LogP contribution in [0.4, 0.5) is 0 Å². The summed E-state index contributed by atoms with van der Waals surface area (Å²) < 4.78 is 6.14. The van der Waals surface area contributed by atoms with Crippen molar-refractivity contribution in [2.75, 3.05) is 6.16 Å². The maximum atomic E-state index is 11.4. The van der Waals surface area contributed by atoms with E-state index >= 15 is 0 Å². The first-order valence-electron chi connectivity index (χ1n) is 9.57. The maximum Gasteiger partial charge on any atom is 0.376 e. The SMILES string of the molecule is CCCCCC(CC(N)O)O[P+](O)(CCC#N)N(NC(C)C)NC(C)C. The summed E-state index contributed by atoms with van der Waals surface area (Å²) in [5, 5.41) is 18.6. The first kappa shape index (κ1) is 25.6. The van der Waals surface area contributed by atoms with Gasteiger partial charge >= 0.3 is 7.87 Å². The van der Waals surface area contributed by atoms with Crippen LogP contribution >= 0.6 is 7.87 Å². The van der Waals surface area contributed by atoms with E-state index in [1.54, 1.807) is 4.89 Å². The summed E-state index contributed by atoms with van der Waals surface area (Å²) in [7, 11) is -3.14. The molecular formula is C17H39N5O3P+. The second-order valence-corrected chi connectivity index (χ2v) is 9.59. The number of aliphatic hydroxyl groups is 1. The molecule has 0 bridgehead atoms. The van der Waals surface area contributed by atoms with Gasteiger partial charge in [-0.05, 0) is 34.1 Å². The van der Waals surface area contributed by atoms with Gasteiger partial charge in [0.05, 0.1) is 12.5 Å². The summed E-state index contributed by atoms with van der Waals surface area (Å²) in [5.74, 6) is 0. The number of nitriles is 1. The van der Waals surface area contributed by atoms with Crippen LogP contribution in [0, 0.1) is 11.3 Å². The summed E-state index contributed by atoms with van der Waals surface area (Å²) in [5.41, 5.74) is 11.9. The third-order valence-electron chi connectivity index (χ3n) is 3.54. The minimum atomic E-state index is -3.14. The first-order chi connectivity index (χ1) is 12.1. The molecule has 6 N–H and O–H groups in total. The van der Waals surface area contributed by atoms with E-state index in [4.69, 9.17) is 15.5 Å². The number of hydrazine groups is 2. The lowest BCUT2D eigenvalue weighted by atomic mass is 10.1. The van der Waals surface area contributed by atoms with Gasteiger partial charge < -0.3 is 10.8 Å². The van der Waals surface area contributed by atoms with Crippen LogP contribution in [-0.2, 0) is 4.52 Å². The van der Waals surface area contributed by atoms with E-state index in [-0.39, 0.29) is 37.2 Å². The van der Waals surface area contributed by atoms with Gasteiger partial charge in [-0.3, -0.25) is 0 Å². The van der Waals surface area contributed by atoms with Crippen molar-refractivity contribution in [1.82, 2.24) is 15.7 Å². The van der Waals surface area contributed by atoms with Gasteiger partial charge in [-0.1, -0.05) is 26.2 Å². The van der Waals surface area contributed by atoms with Crippen LogP contribution in [0.15, 0.2) is 0 Å². The monoisotopic (exact) mass is 392 g/mol. The molecule has 0 rings (SSSR count). The number of nitrogens with two attached hydrogens (primary N) is 1. The highest BCUT2D eigenvalue weighted by Crippen LogP contribution is 2.59. The number of hydrogen-bond acceptors (Lipinski definition) is 8. The minimum absolute atomic E-state index is 0.0668. The largest absolute Gasteiger partial charge is 0.379 e. The summed E-state index contributed by atoms with van der Waals surface area (Å²) >= 11 is 0. The number of nitrogens with one attached hydrogen (secondary N) is 2. The molecule has 0 aromatic carbocycles. The molecule has 3 unspecified atom stereocenters. The molecule has 8 nitrogen and oxygen atoms in total. The molecule has 0 aliphatic carbocycles. The Morgan fingerprint density at radius 3 is 2.19 bits per heavy atom. The van der Waals surface area contributed by atoms with E-state index in [0.717, 1.165) is 19.3 Å². The molecule has 0 saturated carbocycles. The van der Waals surface area contributed by atoms with Gasteiger partial charge in [0.25, 0.3) is 0 Å². The van der Waals surface area contributed by atoms with Gasteiger partial charge in [-0.25, -0.2) is 10.9 Å². The van der Waals surface area contributed by atoms with E-state index in [9.17, 15) is 10.00 Å². The molecule has 0 fully saturated rings. The Balaban J connectivity index is 5.40. The average Bonchev–Trinajstić information content (AvgIpc) is 2.51. The molecule has 0 aromatic rings. The highest BCUT2D eigenvalue weighted by molar-refractivity contribution is 7.63. The van der Waals surface area contributed by atoms with Crippen LogP contribution in [0.5, 0.6) is 0 Å². The van der Waals surface area contributed by atoms with Crippen LogP contribution in [0.2, 0.25) is 0 Å². The minimum Gasteiger partial charge on any atom is -0.379 e. The standard InChI is InChI=1S/C17H39N5O3P/c1-6-7-8-10-16(13-17(19)23)25-26(24,12-9-11-18)22(20-14(2)3)21-15(4)5/h14-17,20-21,23-24H,6-10,12-13,19H2,1-5H3/q+1. The van der Waals surface area contributed by atoms with E-state index in [1.807, 2.05) is 27.7 Å². The van der Waals surface area contributed by atoms with Crippen molar-refractivity contribution in [3.05, 3.63) is 0 Å². The number of aliphatic hydroxyl groups excluding tert-OH is 1. The summed E-state index contributed by atoms with van der Waals surface area (Å²) in [4.78, 5) is 12.9. The second kappa shape index (κ2) is 13.8. The van der Waals surface area contributed by atoms with Crippen molar-refractivity contribution in [2.24, 2.45) is 5.73 Å². The summed E-state index contributed by atoms with van der Waals surface area (Å²) in [6.07, 6.45) is 3.00. The van der Waals surface area contributed by atoms with Crippen LogP contribution in [0.25, 0.3) is 0 Å². The van der Waals surface area contributed by atoms with Crippen LogP contribution in [0.3, 0.4) is 0 Å². The van der Waals surface area contributed by atoms with Gasteiger partial charge in [-0.2, -0.15) is 14.7 Å². The van der Waals surface area contributed by atoms with Gasteiger partial charge in [0.15, 0.2) is 0 Å². The molecule has 154 valence electrons. The van der Waals surface area contributed by atoms with Crippen molar-refractivity contribution >= 4 is 7.87 Å². The van der Waals surface area contributed by atoms with Crippen molar-refractivity contribution in [1.29, 1.82) is 5.26 Å². The Hall–Kier alpha value is -0.360. The smallest absolute Gasteiger partial charge is 0.376 e. The van der Waals surface area contributed by atoms with E-state index in [0.29, 0.717) is 6.42 Å². The molecule has 0 heterocycles. The fourth-order valence-electron chi connectivity index (χ4n) is 2.45. The van der Waals surface area contributed by atoms with Crippen molar-refractivity contribution in [3.8, 4) is 6.07 Å². The fourth-order valence-corrected chi connectivity index (χ4v) is 4.73. The average molecular weight is 393 g/mol. The summed E-state index contributed by atoms with van der Waals surface area (Å²) in [6.45, 7) is 9.97. The zero-order valence-corrected chi connectivity index (χ0v) is 17.9. The predicted molar refractivity (Wildman–Crippen MR) is 106 cm³/mol. The molecule has 0 aliphatic rings. The summed E-state index contributed by atoms with van der Waals surface area (Å²) in [6, 6.07) is 2.22. The Bertz CT molecular complexity index is 396. The van der Waals surface area contributed by atoms with Gasteiger partial charge in [-0.15, -0.1) is 0 Å². The molecule has 26 heavy (non-hydrogen) atoms. The number of nitrogens with zero attached hydrogens (tertiary/aromatic N) is 2. The molecule has 0 saturated heterocycles. The van der Waals surface area contributed by atoms with Gasteiger partial charge in [0.2, 0.25) is 0 Å². The topological polar surface area (TPSA) is 127 Å². The third kappa shape index (κ3) is 11.4. The maximum absolute atomic E-state index is 11.4. The molecule has 0 aromatic heterocycles. The van der Waals surface area contributed by atoms with Crippen molar-refractivity contribution in [3.63, 3.8) is 0 Å². The lowest BCUT2D eigenvalue weighted by Crippen LogP contribution is -2.53. The van der Waals surface area contributed by atoms with Crippen molar-refractivity contribution < 1.29 is 14.5 Å². The van der Waals surface area contributed by atoms with Gasteiger partial charge in [0, 0.05) is 23.4 Å². The highest BCUT2D eigenvalue weighted by atomic mass is 31.2. The molecule has 0 amide bonds. The zero-order valence-electron chi connectivity index (χ0n) is 17.0. The lowest BCUT2D eigenvalue weighted by molar-refractivity contribution is 0.0601. The predicted octanol–water partition coefficient (Wildman–Crippen LogP) is 2.42. The fraction of sp³-hybridized carbons (Fsp3) is 0.941. The molecule has 0 spiro atoms. The van der Waals surface area contributed by atoms with Gasteiger partial charge in [0.1, 0.15) is 18.5 Å². The zero-order chi connectivity index (χ0) is 20.2. The third-order valence-corrected chi connectivity index (χ3v) is 5.84. The Morgan fingerprint density at radius 1 is 1.19 bits per heavy atom. The van der Waals surface area contributed by atoms with E-state index < -0.39 is 14.1 Å². The van der Waals surface area contributed by atoms with Crippen molar-refractivity contribution in [2.45, 2.75) is 97.6 Å². The van der Waals surface area contributed by atoms with Crippen LogP contribution in [0.1, 0.15) is 73.1 Å². The molecule has 0 aliphatic heterocycles. The Kier molecular flexibility index (Phi) is 13.6. The molecular weight excluding hydrogens is 353 g/mol. The molecule has 0 radical (unpaired) electrons. The highest BCUT2D eigenvalue weighted by Gasteiger charge is 2.49. The quantitative estimate of drug-likeness (QED) is 0.124. The lowest BCUT2D eigenvalue weighted by Gasteiger charge is -2.34. The van der Waals surface area contributed by atoms with Crippen LogP contribution in [-0.4, -0.2) is 45.5 Å². The molecule has 9 heteroatoms. The van der Waals surface area contributed by atoms with Crippen LogP contribution < -0.4 is 16.6 Å². The first-order valence-corrected chi connectivity index (χ1v) is 11.4. The second-order valence-electron chi connectivity index (χ2n) is 7.20. The number of rotatable bonds is 15. The molecule has 3 atom stereocenters. The van der Waals surface area contributed by atoms with E-state index in [2.05, 4.69) is 23.8 Å². The Morgan fingerprint density at radius 2 is 1.77 bits per heavy atom. The Labute approximate surface area is 159 Å². The van der Waals surface area contributed by atoms with E-state index in [1.165, 1.54) is 0 Å². The number of hydrogen-bond donors (Lipinski definition) is 5. The normalized spacial score (nSPS) is 16.7. The number of unbranched alkanes of at least 4 members (excludes halogenated alkanes) is 2.